The van der Waals surface area contributed by atoms with E-state index in [1.54, 1.807) is 24.3 Å². The summed E-state index contributed by atoms with van der Waals surface area (Å²) in [5.41, 5.74) is 4.02. The smallest absolute Gasteiger partial charge is 0.325 e. The van der Waals surface area contributed by atoms with Crippen molar-refractivity contribution in [1.29, 1.82) is 0 Å². The lowest BCUT2D eigenvalue weighted by Gasteiger charge is -2.24. The van der Waals surface area contributed by atoms with Crippen molar-refractivity contribution in [2.75, 3.05) is 24.6 Å². The van der Waals surface area contributed by atoms with Crippen molar-refractivity contribution in [2.24, 2.45) is 0 Å². The molecule has 0 aromatic heterocycles. The number of phenolic OH excluding ortho intramolecular Hbond substituents is 1. The number of nitrogens with zero attached hydrogens (tertiary/aromatic N) is 1. The minimum atomic E-state index is -0.655. The summed E-state index contributed by atoms with van der Waals surface area (Å²) in [5.74, 6) is -0.0579. The Morgan fingerprint density at radius 2 is 1.65 bits per heavy atom. The highest BCUT2D eigenvalue weighted by Crippen LogP contribution is 2.21. The lowest BCUT2D eigenvalue weighted by atomic mass is 10.0. The molecule has 0 bridgehead atoms. The van der Waals surface area contributed by atoms with E-state index < -0.39 is 6.10 Å². The normalized spacial score (nSPS) is 12.7. The average Bonchev–Trinajstić information content (AvgIpc) is 2.85. The summed E-state index contributed by atoms with van der Waals surface area (Å²) in [5, 5.41) is 23.3. The Morgan fingerprint density at radius 3 is 2.29 bits per heavy atom. The SMILES string of the molecule is CCOC(=O)CN(Cc1ccccc1)c1ccc(CCN[C@@H](C)[C@H](O)c2ccc(O)cc2)cc1. The van der Waals surface area contributed by atoms with Gasteiger partial charge in [-0.2, -0.15) is 0 Å². The second-order valence-corrected chi connectivity index (χ2v) is 8.34. The number of rotatable bonds is 12. The van der Waals surface area contributed by atoms with Gasteiger partial charge in [-0.15, -0.1) is 0 Å². The van der Waals surface area contributed by atoms with Crippen molar-refractivity contribution in [1.82, 2.24) is 5.32 Å². The molecule has 3 aromatic rings. The molecule has 0 radical (unpaired) electrons. The Balaban J connectivity index is 1.56. The van der Waals surface area contributed by atoms with Crippen molar-refractivity contribution in [2.45, 2.75) is 39.0 Å². The van der Waals surface area contributed by atoms with Gasteiger partial charge in [-0.1, -0.05) is 54.6 Å². The summed E-state index contributed by atoms with van der Waals surface area (Å²) in [6.45, 7) is 5.64. The molecule has 0 aliphatic heterocycles. The summed E-state index contributed by atoms with van der Waals surface area (Å²) in [7, 11) is 0. The molecule has 0 aliphatic rings. The van der Waals surface area contributed by atoms with Crippen LogP contribution >= 0.6 is 0 Å². The van der Waals surface area contributed by atoms with Gasteiger partial charge in [-0.25, -0.2) is 0 Å². The summed E-state index contributed by atoms with van der Waals surface area (Å²) in [4.78, 5) is 14.2. The van der Waals surface area contributed by atoms with Crippen molar-refractivity contribution < 1.29 is 19.7 Å². The first-order chi connectivity index (χ1) is 16.5. The molecule has 3 N–H and O–H groups in total. The summed E-state index contributed by atoms with van der Waals surface area (Å²) in [6, 6.07) is 24.8. The van der Waals surface area contributed by atoms with Gasteiger partial charge in [0.1, 0.15) is 12.3 Å². The largest absolute Gasteiger partial charge is 0.508 e. The second-order valence-electron chi connectivity index (χ2n) is 8.34. The molecule has 0 spiro atoms. The zero-order chi connectivity index (χ0) is 24.3. The maximum atomic E-state index is 12.2. The molecule has 180 valence electrons. The molecule has 0 heterocycles. The number of carbonyl (C=O) groups excluding carboxylic acids is 1. The maximum absolute atomic E-state index is 12.2. The Hall–Kier alpha value is -3.35. The van der Waals surface area contributed by atoms with Gasteiger partial charge in [-0.3, -0.25) is 4.79 Å². The zero-order valence-electron chi connectivity index (χ0n) is 19.9. The van der Waals surface area contributed by atoms with Crippen LogP contribution in [0.3, 0.4) is 0 Å². The van der Waals surface area contributed by atoms with E-state index in [0.29, 0.717) is 19.7 Å². The number of ether oxygens (including phenoxy) is 1. The second kappa shape index (κ2) is 12.8. The molecule has 2 atom stereocenters. The Labute approximate surface area is 201 Å². The first-order valence-electron chi connectivity index (χ1n) is 11.7. The van der Waals surface area contributed by atoms with Crippen LogP contribution in [-0.4, -0.2) is 41.9 Å². The topological polar surface area (TPSA) is 82.0 Å². The molecule has 3 aromatic carbocycles. The number of phenols is 1. The fraction of sp³-hybridized carbons (Fsp3) is 0.321. The van der Waals surface area contributed by atoms with Crippen LogP contribution in [-0.2, 0) is 22.5 Å². The number of carbonyl (C=O) groups is 1. The number of aliphatic hydroxyl groups excluding tert-OH is 1. The van der Waals surface area contributed by atoms with E-state index in [2.05, 4.69) is 17.4 Å². The molecular formula is C28H34N2O4. The summed E-state index contributed by atoms with van der Waals surface area (Å²) in [6.07, 6.45) is 0.154. The van der Waals surface area contributed by atoms with Gasteiger partial charge in [0.15, 0.2) is 0 Å². The van der Waals surface area contributed by atoms with Crippen LogP contribution in [0, 0.1) is 0 Å². The van der Waals surface area contributed by atoms with E-state index in [0.717, 1.165) is 23.2 Å². The molecular weight excluding hydrogens is 428 g/mol. The third-order valence-corrected chi connectivity index (χ3v) is 5.73. The highest BCUT2D eigenvalue weighted by molar-refractivity contribution is 5.75. The van der Waals surface area contributed by atoms with Crippen LogP contribution in [0.4, 0.5) is 5.69 Å². The lowest BCUT2D eigenvalue weighted by molar-refractivity contribution is -0.141. The number of aromatic hydroxyl groups is 1. The van der Waals surface area contributed by atoms with Gasteiger partial charge in [0, 0.05) is 18.3 Å². The number of aliphatic hydroxyl groups is 1. The maximum Gasteiger partial charge on any atom is 0.325 e. The Kier molecular flexibility index (Phi) is 9.50. The van der Waals surface area contributed by atoms with Gasteiger partial charge < -0.3 is 25.2 Å². The molecule has 6 heteroatoms. The van der Waals surface area contributed by atoms with E-state index in [4.69, 9.17) is 4.74 Å². The van der Waals surface area contributed by atoms with Crippen LogP contribution in [0.2, 0.25) is 0 Å². The molecule has 0 aliphatic carbocycles. The van der Waals surface area contributed by atoms with Crippen molar-refractivity contribution in [3.8, 4) is 5.75 Å². The van der Waals surface area contributed by atoms with Gasteiger partial charge in [0.2, 0.25) is 0 Å². The third kappa shape index (κ3) is 7.61. The van der Waals surface area contributed by atoms with E-state index in [9.17, 15) is 15.0 Å². The molecule has 3 rings (SSSR count). The van der Waals surface area contributed by atoms with E-state index in [1.807, 2.05) is 61.2 Å². The van der Waals surface area contributed by atoms with Gasteiger partial charge >= 0.3 is 5.97 Å². The molecule has 6 nitrogen and oxygen atoms in total. The highest BCUT2D eigenvalue weighted by Gasteiger charge is 2.16. The van der Waals surface area contributed by atoms with Crippen LogP contribution in [0.15, 0.2) is 78.9 Å². The predicted molar refractivity (Wildman–Crippen MR) is 135 cm³/mol. The van der Waals surface area contributed by atoms with Crippen LogP contribution < -0.4 is 10.2 Å². The first-order valence-corrected chi connectivity index (χ1v) is 11.7. The van der Waals surface area contributed by atoms with Crippen LogP contribution in [0.25, 0.3) is 0 Å². The first kappa shape index (κ1) is 25.3. The number of esters is 1. The third-order valence-electron chi connectivity index (χ3n) is 5.73. The Morgan fingerprint density at radius 1 is 0.971 bits per heavy atom. The van der Waals surface area contributed by atoms with Crippen molar-refractivity contribution in [3.05, 3.63) is 95.6 Å². The zero-order valence-corrected chi connectivity index (χ0v) is 19.9. The number of hydrogen-bond acceptors (Lipinski definition) is 6. The summed E-state index contributed by atoms with van der Waals surface area (Å²) < 4.78 is 5.17. The highest BCUT2D eigenvalue weighted by atomic mass is 16.5. The molecule has 0 saturated carbocycles. The number of benzene rings is 3. The number of nitrogens with one attached hydrogen (secondary N) is 1. The van der Waals surface area contributed by atoms with E-state index in [1.165, 1.54) is 5.56 Å². The van der Waals surface area contributed by atoms with Crippen LogP contribution in [0.1, 0.15) is 36.6 Å². The van der Waals surface area contributed by atoms with E-state index in [-0.39, 0.29) is 24.3 Å². The van der Waals surface area contributed by atoms with E-state index >= 15 is 0 Å². The monoisotopic (exact) mass is 462 g/mol. The Bertz CT molecular complexity index is 1010. The molecule has 0 amide bonds. The quantitative estimate of drug-likeness (QED) is 0.350. The molecule has 34 heavy (non-hydrogen) atoms. The van der Waals surface area contributed by atoms with Crippen molar-refractivity contribution >= 4 is 11.7 Å². The minimum absolute atomic E-state index is 0.130. The number of anilines is 1. The fourth-order valence-corrected chi connectivity index (χ4v) is 3.79. The molecule has 0 fully saturated rings. The number of hydrogen-bond donors (Lipinski definition) is 3. The molecule has 0 saturated heterocycles. The lowest BCUT2D eigenvalue weighted by Crippen LogP contribution is -2.33. The van der Waals surface area contributed by atoms with Gasteiger partial charge in [-0.05, 0) is 67.8 Å². The van der Waals surface area contributed by atoms with Gasteiger partial charge in [0.05, 0.1) is 12.7 Å². The predicted octanol–water partition coefficient (Wildman–Crippen LogP) is 4.22. The minimum Gasteiger partial charge on any atom is -0.508 e. The van der Waals surface area contributed by atoms with Crippen LogP contribution in [0.5, 0.6) is 5.75 Å². The molecule has 0 unspecified atom stereocenters. The van der Waals surface area contributed by atoms with Gasteiger partial charge in [0.25, 0.3) is 0 Å². The van der Waals surface area contributed by atoms with Crippen molar-refractivity contribution in [3.63, 3.8) is 0 Å². The summed E-state index contributed by atoms with van der Waals surface area (Å²) >= 11 is 0. The average molecular weight is 463 g/mol. The fourth-order valence-electron chi connectivity index (χ4n) is 3.79. The standard InChI is InChI=1S/C28H34N2O4/c1-3-34-27(32)20-30(19-23-7-5-4-6-8-23)25-13-9-22(10-14-25)17-18-29-21(2)28(33)24-11-15-26(31)16-12-24/h4-16,21,28-29,31,33H,3,17-20H2,1-2H3/t21-,28-/m0/s1.